The van der Waals surface area contributed by atoms with Gasteiger partial charge in [0, 0.05) is 36.5 Å². The normalized spacial score (nSPS) is 26.3. The number of carbonyl (C=O) groups excluding carboxylic acids is 2. The van der Waals surface area contributed by atoms with E-state index in [2.05, 4.69) is 10.3 Å². The lowest BCUT2D eigenvalue weighted by atomic mass is 9.77. The highest BCUT2D eigenvalue weighted by Gasteiger charge is 2.54. The summed E-state index contributed by atoms with van der Waals surface area (Å²) in [6.45, 7) is 1.50. The first-order valence-corrected chi connectivity index (χ1v) is 10.6. The first-order chi connectivity index (χ1) is 13.4. The second-order valence-corrected chi connectivity index (χ2v) is 9.39. The Morgan fingerprint density at radius 2 is 2.21 bits per heavy atom. The quantitative estimate of drug-likeness (QED) is 0.752. The lowest BCUT2D eigenvalue weighted by Crippen LogP contribution is -2.40. The van der Waals surface area contributed by atoms with Gasteiger partial charge in [-0.05, 0) is 24.5 Å². The average Bonchev–Trinajstić information content (AvgIpc) is 3.35. The van der Waals surface area contributed by atoms with E-state index in [1.54, 1.807) is 9.80 Å². The second-order valence-electron chi connectivity index (χ2n) is 7.29. The van der Waals surface area contributed by atoms with Crippen LogP contribution < -0.4 is 5.32 Å². The molecule has 1 aliphatic carbocycles. The number of aromatic nitrogens is 1. The summed E-state index contributed by atoms with van der Waals surface area (Å²) in [6.07, 6.45) is 6.90. The largest absolute Gasteiger partial charge is 0.396 e. The van der Waals surface area contributed by atoms with Crippen LogP contribution in [0, 0.1) is 5.41 Å². The standard InChI is InChI=1S/C18H20Cl2N4O3S/c19-11-1-2-13-12(7-11)18(4-5-23(9-18)15(26)3-6-25)10-24(13)17(27)22-16-21-8-14(20)28-16/h1,7-8,13,25H,2-6,9-10H2,(H,21,22,27). The van der Waals surface area contributed by atoms with E-state index in [0.717, 1.165) is 12.0 Å². The van der Waals surface area contributed by atoms with Crippen molar-refractivity contribution < 1.29 is 14.7 Å². The van der Waals surface area contributed by atoms with Crippen LogP contribution in [0.4, 0.5) is 9.93 Å². The zero-order chi connectivity index (χ0) is 19.9. The van der Waals surface area contributed by atoms with Crippen molar-refractivity contribution in [3.05, 3.63) is 33.3 Å². The fraction of sp³-hybridized carbons (Fsp3) is 0.500. The van der Waals surface area contributed by atoms with Gasteiger partial charge < -0.3 is 14.9 Å². The van der Waals surface area contributed by atoms with E-state index in [0.29, 0.717) is 40.6 Å². The summed E-state index contributed by atoms with van der Waals surface area (Å²) < 4.78 is 0.509. The molecule has 10 heteroatoms. The number of halogens is 2. The van der Waals surface area contributed by atoms with Gasteiger partial charge in [0.15, 0.2) is 5.13 Å². The molecule has 2 N–H and O–H groups in total. The molecule has 1 spiro atoms. The van der Waals surface area contributed by atoms with E-state index in [9.17, 15) is 9.59 Å². The van der Waals surface area contributed by atoms with E-state index in [-0.39, 0.29) is 36.4 Å². The monoisotopic (exact) mass is 442 g/mol. The van der Waals surface area contributed by atoms with Crippen LogP contribution in [0.3, 0.4) is 0 Å². The van der Waals surface area contributed by atoms with Gasteiger partial charge in [0.25, 0.3) is 0 Å². The van der Waals surface area contributed by atoms with Gasteiger partial charge in [0.2, 0.25) is 5.91 Å². The number of aliphatic hydroxyl groups is 1. The van der Waals surface area contributed by atoms with Crippen LogP contribution in [0.5, 0.6) is 0 Å². The summed E-state index contributed by atoms with van der Waals surface area (Å²) in [7, 11) is 0. The molecule has 0 bridgehead atoms. The number of hydrogen-bond donors (Lipinski definition) is 2. The van der Waals surface area contributed by atoms with Gasteiger partial charge in [-0.25, -0.2) is 9.78 Å². The van der Waals surface area contributed by atoms with Crippen LogP contribution in [-0.2, 0) is 4.79 Å². The second kappa shape index (κ2) is 7.67. The molecule has 3 aliphatic rings. The molecule has 150 valence electrons. The molecule has 7 nitrogen and oxygen atoms in total. The summed E-state index contributed by atoms with van der Waals surface area (Å²) in [5.74, 6) is -0.0608. The number of rotatable bonds is 3. The number of fused-ring (bicyclic) bond motifs is 2. The van der Waals surface area contributed by atoms with Crippen molar-refractivity contribution in [3.63, 3.8) is 0 Å². The van der Waals surface area contributed by atoms with E-state index in [1.807, 2.05) is 12.2 Å². The minimum atomic E-state index is -0.304. The van der Waals surface area contributed by atoms with Crippen LogP contribution in [-0.4, -0.2) is 64.1 Å². The van der Waals surface area contributed by atoms with Gasteiger partial charge in [-0.3, -0.25) is 10.1 Å². The first-order valence-electron chi connectivity index (χ1n) is 9.07. The third-order valence-electron chi connectivity index (χ3n) is 5.63. The van der Waals surface area contributed by atoms with Gasteiger partial charge in [0.1, 0.15) is 4.34 Å². The van der Waals surface area contributed by atoms with Crippen molar-refractivity contribution in [3.8, 4) is 0 Å². The number of aliphatic hydroxyl groups excluding tert-OH is 1. The maximum absolute atomic E-state index is 13.0. The molecule has 3 heterocycles. The molecule has 2 unspecified atom stereocenters. The number of nitrogens with zero attached hydrogens (tertiary/aromatic N) is 3. The van der Waals surface area contributed by atoms with Crippen molar-refractivity contribution >= 4 is 51.6 Å². The number of nitrogens with one attached hydrogen (secondary N) is 1. The molecule has 0 aromatic carbocycles. The summed E-state index contributed by atoms with van der Waals surface area (Å²) in [5.41, 5.74) is 0.800. The highest BCUT2D eigenvalue weighted by Crippen LogP contribution is 2.50. The Morgan fingerprint density at radius 3 is 2.93 bits per heavy atom. The number of likely N-dealkylation sites (tertiary alicyclic amines) is 2. The van der Waals surface area contributed by atoms with Crippen LogP contribution in [0.2, 0.25) is 4.34 Å². The maximum atomic E-state index is 13.0. The van der Waals surface area contributed by atoms with Crippen LogP contribution in [0.15, 0.2) is 29.0 Å². The number of anilines is 1. The molecule has 4 rings (SSSR count). The fourth-order valence-corrected chi connectivity index (χ4v) is 5.39. The molecule has 2 aliphatic heterocycles. The SMILES string of the molecule is O=C(CCO)N1CCC2(C1)CN(C(=O)Nc1ncc(Cl)s1)C1CC=C(Cl)C=C12. The molecule has 1 aromatic rings. The summed E-state index contributed by atoms with van der Waals surface area (Å²) in [6, 6.07) is -0.323. The minimum absolute atomic E-state index is 0.0608. The van der Waals surface area contributed by atoms with Crippen LogP contribution in [0.1, 0.15) is 19.3 Å². The summed E-state index contributed by atoms with van der Waals surface area (Å²) in [5, 5.41) is 13.0. The van der Waals surface area contributed by atoms with Crippen molar-refractivity contribution in [1.29, 1.82) is 0 Å². The summed E-state index contributed by atoms with van der Waals surface area (Å²) in [4.78, 5) is 32.9. The Bertz CT molecular complexity index is 871. The van der Waals surface area contributed by atoms with Gasteiger partial charge in [-0.2, -0.15) is 0 Å². The molecular weight excluding hydrogens is 423 g/mol. The van der Waals surface area contributed by atoms with E-state index in [1.165, 1.54) is 17.5 Å². The number of amides is 3. The number of urea groups is 1. The number of allylic oxidation sites excluding steroid dienone is 2. The zero-order valence-electron chi connectivity index (χ0n) is 15.0. The van der Waals surface area contributed by atoms with Crippen LogP contribution in [0.25, 0.3) is 0 Å². The smallest absolute Gasteiger partial charge is 0.324 e. The third kappa shape index (κ3) is 3.54. The Labute approximate surface area is 176 Å². The highest BCUT2D eigenvalue weighted by atomic mass is 35.5. The molecule has 2 atom stereocenters. The van der Waals surface area contributed by atoms with E-state index in [4.69, 9.17) is 28.3 Å². The number of carbonyl (C=O) groups is 2. The fourth-order valence-electron chi connectivity index (χ4n) is 4.38. The molecule has 0 saturated carbocycles. The van der Waals surface area contributed by atoms with Gasteiger partial charge >= 0.3 is 6.03 Å². The predicted molar refractivity (Wildman–Crippen MR) is 109 cm³/mol. The van der Waals surface area contributed by atoms with Crippen molar-refractivity contribution in [2.75, 3.05) is 31.6 Å². The average molecular weight is 443 g/mol. The molecule has 2 fully saturated rings. The van der Waals surface area contributed by atoms with Gasteiger partial charge in [-0.15, -0.1) is 0 Å². The number of thiazole rings is 1. The Morgan fingerprint density at radius 1 is 1.39 bits per heavy atom. The maximum Gasteiger partial charge on any atom is 0.324 e. The Kier molecular flexibility index (Phi) is 5.39. The van der Waals surface area contributed by atoms with Crippen molar-refractivity contribution in [2.45, 2.75) is 25.3 Å². The Balaban J connectivity index is 1.57. The topological polar surface area (TPSA) is 85.8 Å². The molecule has 0 radical (unpaired) electrons. The van der Waals surface area contributed by atoms with Crippen molar-refractivity contribution in [2.24, 2.45) is 5.41 Å². The lowest BCUT2D eigenvalue weighted by molar-refractivity contribution is -0.131. The number of hydrogen-bond acceptors (Lipinski definition) is 5. The first kappa shape index (κ1) is 19.7. The lowest BCUT2D eigenvalue weighted by Gasteiger charge is -2.27. The van der Waals surface area contributed by atoms with E-state index >= 15 is 0 Å². The Hall–Kier alpha value is -1.61. The minimum Gasteiger partial charge on any atom is -0.396 e. The molecule has 3 amide bonds. The predicted octanol–water partition coefficient (Wildman–Crippen LogP) is 3.07. The summed E-state index contributed by atoms with van der Waals surface area (Å²) >= 11 is 13.4. The van der Waals surface area contributed by atoms with E-state index < -0.39 is 0 Å². The highest BCUT2D eigenvalue weighted by molar-refractivity contribution is 7.19. The van der Waals surface area contributed by atoms with Crippen LogP contribution >= 0.6 is 34.5 Å². The molecule has 1 aromatic heterocycles. The molecular formula is C18H20Cl2N4O3S. The zero-order valence-corrected chi connectivity index (χ0v) is 17.4. The molecule has 2 saturated heterocycles. The molecule has 28 heavy (non-hydrogen) atoms. The van der Waals surface area contributed by atoms with Gasteiger partial charge in [-0.1, -0.05) is 40.6 Å². The van der Waals surface area contributed by atoms with Crippen molar-refractivity contribution in [1.82, 2.24) is 14.8 Å². The van der Waals surface area contributed by atoms with Gasteiger partial charge in [0.05, 0.1) is 18.8 Å². The third-order valence-corrected chi connectivity index (χ3v) is 6.93.